The molecule has 0 amide bonds. The maximum atomic E-state index is 3.65. The Balaban J connectivity index is 1.72. The summed E-state index contributed by atoms with van der Waals surface area (Å²) in [4.78, 5) is 2.40. The van der Waals surface area contributed by atoms with Crippen LogP contribution < -0.4 is 4.90 Å². The molecule has 0 bridgehead atoms. The number of hydrogen-bond acceptors (Lipinski definition) is 1. The Morgan fingerprint density at radius 2 is 1.37 bits per heavy atom. The minimum atomic E-state index is 0.879. The fourth-order valence-electron chi connectivity index (χ4n) is 3.83. The first-order chi connectivity index (χ1) is 13.3. The number of benzene rings is 4. The summed E-state index contributed by atoms with van der Waals surface area (Å²) in [5.74, 6) is 0. The van der Waals surface area contributed by atoms with Gasteiger partial charge >= 0.3 is 0 Å². The summed E-state index contributed by atoms with van der Waals surface area (Å²) in [6, 6.07) is 34.6. The van der Waals surface area contributed by atoms with Crippen molar-refractivity contribution >= 4 is 27.3 Å². The molecule has 0 radical (unpaired) electrons. The van der Waals surface area contributed by atoms with E-state index in [0.29, 0.717) is 0 Å². The molecule has 1 heterocycles. The highest BCUT2D eigenvalue weighted by molar-refractivity contribution is 9.10. The molecule has 4 aromatic rings. The van der Waals surface area contributed by atoms with Crippen molar-refractivity contribution in [2.45, 2.75) is 6.54 Å². The van der Waals surface area contributed by atoms with Gasteiger partial charge in [0, 0.05) is 28.0 Å². The average Bonchev–Trinajstić information content (AvgIpc) is 2.74. The number of halogens is 1. The van der Waals surface area contributed by atoms with Crippen LogP contribution in [-0.4, -0.2) is 0 Å². The third-order valence-electron chi connectivity index (χ3n) is 5.15. The van der Waals surface area contributed by atoms with Crippen LogP contribution in [-0.2, 0) is 6.54 Å². The largest absolute Gasteiger partial charge is 0.336 e. The summed E-state index contributed by atoms with van der Waals surface area (Å²) < 4.78 is 1.12. The highest BCUT2D eigenvalue weighted by Crippen LogP contribution is 2.45. The zero-order valence-electron chi connectivity index (χ0n) is 14.8. The van der Waals surface area contributed by atoms with E-state index in [-0.39, 0.29) is 0 Å². The van der Waals surface area contributed by atoms with Crippen molar-refractivity contribution in [3.05, 3.63) is 107 Å². The van der Waals surface area contributed by atoms with E-state index < -0.39 is 0 Å². The minimum absolute atomic E-state index is 0.879. The molecule has 0 atom stereocenters. The molecular formula is C25H18BrN. The van der Waals surface area contributed by atoms with Gasteiger partial charge in [-0.2, -0.15) is 0 Å². The van der Waals surface area contributed by atoms with Gasteiger partial charge in [0.2, 0.25) is 0 Å². The van der Waals surface area contributed by atoms with Crippen LogP contribution in [0.2, 0.25) is 0 Å². The monoisotopic (exact) mass is 411 g/mol. The average molecular weight is 412 g/mol. The summed E-state index contributed by atoms with van der Waals surface area (Å²) in [6.45, 7) is 0.879. The first-order valence-electron chi connectivity index (χ1n) is 9.10. The molecule has 0 aliphatic carbocycles. The van der Waals surface area contributed by atoms with E-state index in [2.05, 4.69) is 118 Å². The molecule has 0 N–H and O–H groups in total. The van der Waals surface area contributed by atoms with Gasteiger partial charge < -0.3 is 4.90 Å². The van der Waals surface area contributed by atoms with Gasteiger partial charge in [-0.25, -0.2) is 0 Å². The first kappa shape index (κ1) is 16.3. The topological polar surface area (TPSA) is 3.24 Å². The zero-order valence-corrected chi connectivity index (χ0v) is 16.4. The maximum Gasteiger partial charge on any atom is 0.0494 e. The van der Waals surface area contributed by atoms with Crippen LogP contribution in [0.4, 0.5) is 11.4 Å². The van der Waals surface area contributed by atoms with Crippen molar-refractivity contribution in [3.8, 4) is 22.3 Å². The summed E-state index contributed by atoms with van der Waals surface area (Å²) >= 11 is 3.65. The Kier molecular flexibility index (Phi) is 4.06. The third-order valence-corrected chi connectivity index (χ3v) is 5.65. The van der Waals surface area contributed by atoms with Gasteiger partial charge in [0.25, 0.3) is 0 Å². The molecule has 5 rings (SSSR count). The molecule has 0 fully saturated rings. The van der Waals surface area contributed by atoms with Crippen LogP contribution in [0.15, 0.2) is 102 Å². The quantitative estimate of drug-likeness (QED) is 0.331. The van der Waals surface area contributed by atoms with Gasteiger partial charge in [-0.1, -0.05) is 76.6 Å². The maximum absolute atomic E-state index is 3.65. The molecule has 0 spiro atoms. The number of para-hydroxylation sites is 1. The standard InChI is InChI=1S/C25H18BrN/c26-21-13-11-20-17-27(22-9-5-2-6-10-22)25-14-12-19(15-24(25)23(20)16-21)18-7-3-1-4-8-18/h1-16H,17H2. The van der Waals surface area contributed by atoms with Gasteiger partial charge in [0.1, 0.15) is 0 Å². The van der Waals surface area contributed by atoms with Crippen LogP contribution in [0.3, 0.4) is 0 Å². The van der Waals surface area contributed by atoms with Gasteiger partial charge in [-0.15, -0.1) is 0 Å². The number of fused-ring (bicyclic) bond motifs is 3. The number of hydrogen-bond donors (Lipinski definition) is 0. The van der Waals surface area contributed by atoms with Crippen molar-refractivity contribution in [2.75, 3.05) is 4.90 Å². The molecule has 4 aromatic carbocycles. The number of anilines is 2. The normalized spacial score (nSPS) is 12.4. The number of nitrogens with zero attached hydrogens (tertiary/aromatic N) is 1. The van der Waals surface area contributed by atoms with Gasteiger partial charge in [-0.3, -0.25) is 0 Å². The lowest BCUT2D eigenvalue weighted by molar-refractivity contribution is 0.961. The molecule has 27 heavy (non-hydrogen) atoms. The Bertz CT molecular complexity index is 1100. The first-order valence-corrected chi connectivity index (χ1v) is 9.90. The lowest BCUT2D eigenvalue weighted by Gasteiger charge is -2.33. The van der Waals surface area contributed by atoms with Crippen molar-refractivity contribution in [2.24, 2.45) is 0 Å². The van der Waals surface area contributed by atoms with Crippen LogP contribution in [0.1, 0.15) is 5.56 Å². The van der Waals surface area contributed by atoms with E-state index in [0.717, 1.165) is 11.0 Å². The molecule has 0 aromatic heterocycles. The molecule has 1 aliphatic rings. The van der Waals surface area contributed by atoms with Gasteiger partial charge in [-0.05, 0) is 58.7 Å². The number of rotatable bonds is 2. The second-order valence-electron chi connectivity index (χ2n) is 6.82. The molecule has 1 aliphatic heterocycles. The van der Waals surface area contributed by atoms with E-state index in [1.807, 2.05) is 0 Å². The van der Waals surface area contributed by atoms with Crippen LogP contribution in [0, 0.1) is 0 Å². The molecule has 1 nitrogen and oxygen atoms in total. The van der Waals surface area contributed by atoms with Crippen molar-refractivity contribution in [1.29, 1.82) is 0 Å². The van der Waals surface area contributed by atoms with Crippen LogP contribution in [0.25, 0.3) is 22.3 Å². The van der Waals surface area contributed by atoms with E-state index in [1.165, 1.54) is 39.2 Å². The van der Waals surface area contributed by atoms with Gasteiger partial charge in [0.15, 0.2) is 0 Å². The molecule has 2 heteroatoms. The predicted octanol–water partition coefficient (Wildman–Crippen LogP) is 7.43. The van der Waals surface area contributed by atoms with E-state index in [9.17, 15) is 0 Å². The fraction of sp³-hybridized carbons (Fsp3) is 0.0400. The SMILES string of the molecule is Brc1ccc2c(c1)-c1cc(-c3ccccc3)ccc1N(c1ccccc1)C2. The second kappa shape index (κ2) is 6.71. The molecule has 130 valence electrons. The lowest BCUT2D eigenvalue weighted by atomic mass is 9.90. The minimum Gasteiger partial charge on any atom is -0.336 e. The second-order valence-corrected chi connectivity index (χ2v) is 7.74. The Morgan fingerprint density at radius 3 is 2.15 bits per heavy atom. The molecule has 0 saturated heterocycles. The Hall–Kier alpha value is -2.84. The predicted molar refractivity (Wildman–Crippen MR) is 117 cm³/mol. The van der Waals surface area contributed by atoms with E-state index >= 15 is 0 Å². The molecule has 0 unspecified atom stereocenters. The van der Waals surface area contributed by atoms with Crippen molar-refractivity contribution in [3.63, 3.8) is 0 Å². The van der Waals surface area contributed by atoms with Crippen LogP contribution >= 0.6 is 15.9 Å². The smallest absolute Gasteiger partial charge is 0.0494 e. The van der Waals surface area contributed by atoms with Crippen molar-refractivity contribution in [1.82, 2.24) is 0 Å². The summed E-state index contributed by atoms with van der Waals surface area (Å²) in [7, 11) is 0. The highest BCUT2D eigenvalue weighted by Gasteiger charge is 2.23. The summed E-state index contributed by atoms with van der Waals surface area (Å²) in [5, 5.41) is 0. The third kappa shape index (κ3) is 2.96. The van der Waals surface area contributed by atoms with E-state index in [1.54, 1.807) is 0 Å². The van der Waals surface area contributed by atoms with Crippen LogP contribution in [0.5, 0.6) is 0 Å². The highest BCUT2D eigenvalue weighted by atomic mass is 79.9. The zero-order chi connectivity index (χ0) is 18.2. The van der Waals surface area contributed by atoms with E-state index in [4.69, 9.17) is 0 Å². The summed E-state index contributed by atoms with van der Waals surface area (Å²) in [5.41, 5.74) is 8.90. The Labute approximate surface area is 168 Å². The Morgan fingerprint density at radius 1 is 0.630 bits per heavy atom. The van der Waals surface area contributed by atoms with Gasteiger partial charge in [0.05, 0.1) is 0 Å². The van der Waals surface area contributed by atoms with Crippen molar-refractivity contribution < 1.29 is 0 Å². The lowest BCUT2D eigenvalue weighted by Crippen LogP contribution is -2.21. The molecule has 0 saturated carbocycles. The fourth-order valence-corrected chi connectivity index (χ4v) is 4.19. The molecular weight excluding hydrogens is 394 g/mol. The summed E-state index contributed by atoms with van der Waals surface area (Å²) in [6.07, 6.45) is 0.